The van der Waals surface area contributed by atoms with Gasteiger partial charge in [0.15, 0.2) is 0 Å². The lowest BCUT2D eigenvalue weighted by Gasteiger charge is -2.10. The van der Waals surface area contributed by atoms with Crippen molar-refractivity contribution in [3.8, 4) is 0 Å². The number of nitrogens with zero attached hydrogens (tertiary/aromatic N) is 2. The number of hydrogen-bond acceptors (Lipinski definition) is 2. The van der Waals surface area contributed by atoms with Crippen molar-refractivity contribution in [1.82, 2.24) is 9.13 Å². The number of aryl methyl sites for hydroxylation is 6. The lowest BCUT2D eigenvalue weighted by atomic mass is 10.1. The standard InChI is InChI=1S/C26H42N4/c1-21-17-25(27)29(19-23(21)3)15-13-11-9-7-5-6-8-10-12-14-16-30-20-24(4)22(2)18-26(30)28/h17-20,27-28H,5-16H2,1-4H3. The quantitative estimate of drug-likeness (QED) is 0.376. The molecule has 30 heavy (non-hydrogen) atoms. The summed E-state index contributed by atoms with van der Waals surface area (Å²) in [6.45, 7) is 10.3. The van der Waals surface area contributed by atoms with Crippen LogP contribution >= 0.6 is 0 Å². The molecule has 0 fully saturated rings. The second-order valence-electron chi connectivity index (χ2n) is 8.97. The van der Waals surface area contributed by atoms with E-state index in [0.717, 1.165) is 13.1 Å². The van der Waals surface area contributed by atoms with E-state index in [1.807, 2.05) is 12.1 Å². The van der Waals surface area contributed by atoms with E-state index in [9.17, 15) is 0 Å². The smallest absolute Gasteiger partial charge is 0.124 e. The van der Waals surface area contributed by atoms with Crippen LogP contribution in [0.15, 0.2) is 24.5 Å². The second kappa shape index (κ2) is 12.6. The van der Waals surface area contributed by atoms with Crippen molar-refractivity contribution in [2.24, 2.45) is 0 Å². The van der Waals surface area contributed by atoms with Crippen LogP contribution < -0.4 is 11.0 Å². The van der Waals surface area contributed by atoms with Crippen LogP contribution in [0.25, 0.3) is 0 Å². The Bertz CT molecular complexity index is 829. The van der Waals surface area contributed by atoms with Crippen LogP contribution in [0.4, 0.5) is 0 Å². The molecule has 0 aliphatic rings. The predicted octanol–water partition coefficient (Wildman–Crippen LogP) is 6.08. The van der Waals surface area contributed by atoms with Gasteiger partial charge in [-0.25, -0.2) is 0 Å². The van der Waals surface area contributed by atoms with Gasteiger partial charge in [-0.15, -0.1) is 0 Å². The summed E-state index contributed by atoms with van der Waals surface area (Å²) in [7, 11) is 0. The molecule has 0 atom stereocenters. The predicted molar refractivity (Wildman–Crippen MR) is 126 cm³/mol. The molecule has 0 aliphatic carbocycles. The number of aromatic nitrogens is 2. The van der Waals surface area contributed by atoms with Crippen LogP contribution in [0.2, 0.25) is 0 Å². The molecule has 0 bridgehead atoms. The van der Waals surface area contributed by atoms with Crippen LogP contribution in [-0.4, -0.2) is 9.13 Å². The van der Waals surface area contributed by atoms with Gasteiger partial charge in [0, 0.05) is 25.5 Å². The summed E-state index contributed by atoms with van der Waals surface area (Å²) in [5.74, 6) is 0. The van der Waals surface area contributed by atoms with Crippen molar-refractivity contribution in [2.45, 2.75) is 105 Å². The van der Waals surface area contributed by atoms with Crippen molar-refractivity contribution in [2.75, 3.05) is 0 Å². The van der Waals surface area contributed by atoms with Gasteiger partial charge in [-0.05, 0) is 74.9 Å². The molecule has 2 aromatic heterocycles. The molecule has 0 radical (unpaired) electrons. The summed E-state index contributed by atoms with van der Waals surface area (Å²) >= 11 is 0. The number of rotatable bonds is 13. The Hall–Kier alpha value is -2.10. The van der Waals surface area contributed by atoms with E-state index in [2.05, 4.69) is 49.2 Å². The molecule has 0 aromatic carbocycles. The molecular weight excluding hydrogens is 368 g/mol. The van der Waals surface area contributed by atoms with Gasteiger partial charge in [-0.1, -0.05) is 51.4 Å². The van der Waals surface area contributed by atoms with Crippen LogP contribution in [0.5, 0.6) is 0 Å². The van der Waals surface area contributed by atoms with Gasteiger partial charge in [0.1, 0.15) is 11.0 Å². The molecule has 2 N–H and O–H groups in total. The fourth-order valence-corrected chi connectivity index (χ4v) is 3.96. The van der Waals surface area contributed by atoms with Crippen molar-refractivity contribution in [1.29, 1.82) is 10.8 Å². The molecule has 4 nitrogen and oxygen atoms in total. The Morgan fingerprint density at radius 2 is 0.800 bits per heavy atom. The SMILES string of the molecule is Cc1cc(=N)n(CCCCCCCCCCCCn2cc(C)c(C)cc2=N)cc1C. The van der Waals surface area contributed by atoms with Gasteiger partial charge in [0.2, 0.25) is 0 Å². The third-order valence-electron chi connectivity index (χ3n) is 6.32. The van der Waals surface area contributed by atoms with Gasteiger partial charge in [-0.3, -0.25) is 10.8 Å². The minimum Gasteiger partial charge on any atom is -0.333 e. The van der Waals surface area contributed by atoms with E-state index in [1.54, 1.807) is 0 Å². The molecular formula is C26H42N4. The largest absolute Gasteiger partial charge is 0.333 e. The molecule has 2 heterocycles. The van der Waals surface area contributed by atoms with Crippen LogP contribution in [0.3, 0.4) is 0 Å². The first-order chi connectivity index (χ1) is 14.4. The molecule has 0 unspecified atom stereocenters. The highest BCUT2D eigenvalue weighted by Crippen LogP contribution is 2.12. The van der Waals surface area contributed by atoms with E-state index in [-0.39, 0.29) is 0 Å². The van der Waals surface area contributed by atoms with Gasteiger partial charge in [-0.2, -0.15) is 0 Å². The summed E-state index contributed by atoms with van der Waals surface area (Å²) < 4.78 is 4.17. The molecule has 166 valence electrons. The fraction of sp³-hybridized carbons (Fsp3) is 0.615. The molecule has 0 aliphatic heterocycles. The lowest BCUT2D eigenvalue weighted by Crippen LogP contribution is -2.20. The molecule has 0 spiro atoms. The van der Waals surface area contributed by atoms with Crippen molar-refractivity contribution >= 4 is 0 Å². The van der Waals surface area contributed by atoms with Crippen molar-refractivity contribution in [3.63, 3.8) is 0 Å². The Labute approximate surface area is 183 Å². The topological polar surface area (TPSA) is 57.6 Å². The van der Waals surface area contributed by atoms with Crippen LogP contribution in [-0.2, 0) is 13.1 Å². The zero-order valence-electron chi connectivity index (χ0n) is 19.7. The molecule has 2 rings (SSSR count). The average Bonchev–Trinajstić information content (AvgIpc) is 2.70. The highest BCUT2D eigenvalue weighted by molar-refractivity contribution is 5.20. The maximum Gasteiger partial charge on any atom is 0.124 e. The Balaban J connectivity index is 1.46. The zero-order chi connectivity index (χ0) is 21.9. The highest BCUT2D eigenvalue weighted by Gasteiger charge is 2.00. The van der Waals surface area contributed by atoms with E-state index in [4.69, 9.17) is 10.8 Å². The molecule has 0 saturated heterocycles. The van der Waals surface area contributed by atoms with E-state index in [0.29, 0.717) is 11.0 Å². The van der Waals surface area contributed by atoms with Gasteiger partial charge in [0.25, 0.3) is 0 Å². The monoisotopic (exact) mass is 410 g/mol. The van der Waals surface area contributed by atoms with Crippen LogP contribution in [0, 0.1) is 38.5 Å². The second-order valence-corrected chi connectivity index (χ2v) is 8.97. The summed E-state index contributed by atoms with van der Waals surface area (Å²) in [6.07, 6.45) is 17.1. The highest BCUT2D eigenvalue weighted by atomic mass is 15.0. The van der Waals surface area contributed by atoms with Crippen molar-refractivity contribution < 1.29 is 0 Å². The van der Waals surface area contributed by atoms with Gasteiger partial charge >= 0.3 is 0 Å². The molecule has 4 heteroatoms. The van der Waals surface area contributed by atoms with E-state index >= 15 is 0 Å². The van der Waals surface area contributed by atoms with Gasteiger partial charge < -0.3 is 9.13 Å². The maximum atomic E-state index is 8.08. The maximum absolute atomic E-state index is 8.08. The van der Waals surface area contributed by atoms with Crippen LogP contribution in [0.1, 0.15) is 86.5 Å². The number of pyridine rings is 2. The summed E-state index contributed by atoms with van der Waals surface area (Å²) in [4.78, 5) is 0. The first kappa shape index (κ1) is 24.2. The molecule has 2 aromatic rings. The Morgan fingerprint density at radius 1 is 0.500 bits per heavy atom. The third-order valence-corrected chi connectivity index (χ3v) is 6.32. The summed E-state index contributed by atoms with van der Waals surface area (Å²) in [5.41, 5.74) is 6.24. The molecule has 0 saturated carbocycles. The number of nitrogens with one attached hydrogen (secondary N) is 2. The minimum absolute atomic E-state index is 0.632. The summed E-state index contributed by atoms with van der Waals surface area (Å²) in [5, 5.41) is 16.2. The zero-order valence-corrected chi connectivity index (χ0v) is 19.7. The third kappa shape index (κ3) is 7.97. The average molecular weight is 411 g/mol. The van der Waals surface area contributed by atoms with E-state index in [1.165, 1.54) is 86.5 Å². The Kier molecular flexibility index (Phi) is 10.1. The molecule has 0 amide bonds. The normalized spacial score (nSPS) is 11.2. The van der Waals surface area contributed by atoms with Gasteiger partial charge in [0.05, 0.1) is 0 Å². The van der Waals surface area contributed by atoms with E-state index < -0.39 is 0 Å². The first-order valence-electron chi connectivity index (χ1n) is 11.8. The Morgan fingerprint density at radius 3 is 1.13 bits per heavy atom. The lowest BCUT2D eigenvalue weighted by molar-refractivity contribution is 0.513. The first-order valence-corrected chi connectivity index (χ1v) is 11.8. The summed E-state index contributed by atoms with van der Waals surface area (Å²) in [6, 6.07) is 3.95. The minimum atomic E-state index is 0.632. The van der Waals surface area contributed by atoms with Crippen molar-refractivity contribution in [3.05, 3.63) is 57.8 Å². The number of hydrogen-bond donors (Lipinski definition) is 2. The number of unbranched alkanes of at least 4 members (excludes halogenated alkanes) is 9. The fourth-order valence-electron chi connectivity index (χ4n) is 3.96.